The van der Waals surface area contributed by atoms with E-state index in [0.717, 1.165) is 42.6 Å². The second-order valence-corrected chi connectivity index (χ2v) is 4.52. The van der Waals surface area contributed by atoms with Crippen molar-refractivity contribution in [3.8, 4) is 5.69 Å². The molecule has 1 aliphatic carbocycles. The van der Waals surface area contributed by atoms with Gasteiger partial charge in [-0.05, 0) is 37.8 Å². The van der Waals surface area contributed by atoms with E-state index in [9.17, 15) is 9.90 Å². The Kier molecular flexibility index (Phi) is 4.45. The summed E-state index contributed by atoms with van der Waals surface area (Å²) in [6.45, 7) is 0. The first-order chi connectivity index (χ1) is 8.77. The molecular weight excluding hydrogens is 251 g/mol. The molecule has 1 aliphatic rings. The fourth-order valence-electron chi connectivity index (χ4n) is 2.52. The number of carbonyl (C=O) groups excluding carboxylic acids is 1. The smallest absolute Gasteiger partial charge is 0.543 e. The van der Waals surface area contributed by atoms with Gasteiger partial charge in [-0.1, -0.05) is 18.2 Å². The number of hydrogen-bond donors (Lipinski definition) is 0. The molecule has 0 fully saturated rings. The Balaban J connectivity index is 0.00000133. The van der Waals surface area contributed by atoms with Crippen molar-refractivity contribution in [2.24, 2.45) is 0 Å². The van der Waals surface area contributed by atoms with E-state index in [0.29, 0.717) is 0 Å². The molecule has 1 heterocycles. The number of para-hydroxylation sites is 1. The predicted octanol–water partition coefficient (Wildman–Crippen LogP) is -1.88. The van der Waals surface area contributed by atoms with Gasteiger partial charge in [-0.15, -0.1) is 0 Å². The van der Waals surface area contributed by atoms with E-state index in [1.807, 2.05) is 30.3 Å². The maximum atomic E-state index is 11.4. The van der Waals surface area contributed by atoms with Gasteiger partial charge in [0.05, 0.1) is 23.0 Å². The van der Waals surface area contributed by atoms with Crippen LogP contribution in [0.2, 0.25) is 0 Å². The third-order valence-electron chi connectivity index (χ3n) is 3.35. The molecule has 1 aromatic heterocycles. The summed E-state index contributed by atoms with van der Waals surface area (Å²) in [4.78, 5) is 11.4. The summed E-state index contributed by atoms with van der Waals surface area (Å²) >= 11 is 0. The van der Waals surface area contributed by atoms with Crippen LogP contribution >= 0.6 is 0 Å². The molecule has 92 valence electrons. The van der Waals surface area contributed by atoms with Crippen LogP contribution in [0.5, 0.6) is 0 Å². The fourth-order valence-corrected chi connectivity index (χ4v) is 2.52. The Morgan fingerprint density at radius 2 is 1.84 bits per heavy atom. The van der Waals surface area contributed by atoms with Crippen LogP contribution in [0.4, 0.5) is 0 Å². The van der Waals surface area contributed by atoms with E-state index in [2.05, 4.69) is 5.10 Å². The molecule has 3 rings (SSSR count). The standard InChI is InChI=1S/C14H14N2O2.Na/c17-14(18)13-11-8-4-5-9-12(11)15-16(13)10-6-2-1-3-7-10;/h1-3,6-7H,4-5,8-9H2,(H,17,18);/q;+1/p-1. The zero-order valence-electron chi connectivity index (χ0n) is 10.9. The quantitative estimate of drug-likeness (QED) is 0.596. The van der Waals surface area contributed by atoms with E-state index in [1.54, 1.807) is 0 Å². The Morgan fingerprint density at radius 3 is 2.53 bits per heavy atom. The van der Waals surface area contributed by atoms with Crippen LogP contribution in [-0.2, 0) is 12.8 Å². The van der Waals surface area contributed by atoms with E-state index < -0.39 is 5.97 Å². The number of carboxylic acid groups (broad SMARTS) is 1. The van der Waals surface area contributed by atoms with Crippen LogP contribution in [0.1, 0.15) is 34.6 Å². The fraction of sp³-hybridized carbons (Fsp3) is 0.286. The molecule has 1 aromatic carbocycles. The molecule has 0 aliphatic heterocycles. The first kappa shape index (κ1) is 14.3. The van der Waals surface area contributed by atoms with Crippen LogP contribution in [0.3, 0.4) is 0 Å². The molecule has 19 heavy (non-hydrogen) atoms. The predicted molar refractivity (Wildman–Crippen MR) is 64.5 cm³/mol. The van der Waals surface area contributed by atoms with Crippen molar-refractivity contribution in [3.05, 3.63) is 47.3 Å². The maximum Gasteiger partial charge on any atom is 1.00 e. The number of aromatic nitrogens is 2. The van der Waals surface area contributed by atoms with Crippen molar-refractivity contribution in [2.45, 2.75) is 25.7 Å². The molecule has 0 radical (unpaired) electrons. The monoisotopic (exact) mass is 264 g/mol. The number of carboxylic acids is 1. The van der Waals surface area contributed by atoms with Gasteiger partial charge in [0.1, 0.15) is 0 Å². The molecule has 0 unspecified atom stereocenters. The number of nitrogens with zero attached hydrogens (tertiary/aromatic N) is 2. The van der Waals surface area contributed by atoms with Crippen LogP contribution < -0.4 is 34.7 Å². The minimum absolute atomic E-state index is 0. The van der Waals surface area contributed by atoms with Crippen LogP contribution in [0.25, 0.3) is 5.69 Å². The molecule has 0 saturated heterocycles. The van der Waals surface area contributed by atoms with Crippen molar-refractivity contribution in [2.75, 3.05) is 0 Å². The third kappa shape index (κ3) is 2.61. The molecule has 2 aromatic rings. The Labute approximate surface area is 133 Å². The van der Waals surface area contributed by atoms with Gasteiger partial charge in [0.25, 0.3) is 0 Å². The van der Waals surface area contributed by atoms with Crippen molar-refractivity contribution in [3.63, 3.8) is 0 Å². The van der Waals surface area contributed by atoms with Crippen molar-refractivity contribution in [1.29, 1.82) is 0 Å². The molecule has 0 N–H and O–H groups in total. The first-order valence-corrected chi connectivity index (χ1v) is 6.15. The molecule has 5 heteroatoms. The van der Waals surface area contributed by atoms with Gasteiger partial charge in [-0.3, -0.25) is 0 Å². The molecule has 0 bridgehead atoms. The van der Waals surface area contributed by atoms with Gasteiger partial charge >= 0.3 is 29.6 Å². The average molecular weight is 264 g/mol. The summed E-state index contributed by atoms with van der Waals surface area (Å²) in [6.07, 6.45) is 3.74. The van der Waals surface area contributed by atoms with E-state index in [4.69, 9.17) is 0 Å². The molecule has 4 nitrogen and oxygen atoms in total. The van der Waals surface area contributed by atoms with Gasteiger partial charge in [-0.25, -0.2) is 4.68 Å². The summed E-state index contributed by atoms with van der Waals surface area (Å²) in [5.74, 6) is -1.14. The van der Waals surface area contributed by atoms with E-state index in [-0.39, 0.29) is 35.3 Å². The number of carbonyl (C=O) groups is 1. The second kappa shape index (κ2) is 5.90. The van der Waals surface area contributed by atoms with Crippen molar-refractivity contribution < 1.29 is 39.5 Å². The van der Waals surface area contributed by atoms with E-state index in [1.165, 1.54) is 4.68 Å². The molecular formula is C14H13N2NaO2. The Hall–Kier alpha value is -1.10. The normalized spacial score (nSPS) is 13.5. The number of hydrogen-bond acceptors (Lipinski definition) is 3. The second-order valence-electron chi connectivity index (χ2n) is 4.52. The third-order valence-corrected chi connectivity index (χ3v) is 3.35. The topological polar surface area (TPSA) is 57.9 Å². The van der Waals surface area contributed by atoms with Gasteiger partial charge in [0.2, 0.25) is 0 Å². The van der Waals surface area contributed by atoms with Gasteiger partial charge < -0.3 is 9.90 Å². The summed E-state index contributed by atoms with van der Waals surface area (Å²) < 4.78 is 1.51. The number of fused-ring (bicyclic) bond motifs is 1. The number of aromatic carboxylic acids is 1. The zero-order valence-corrected chi connectivity index (χ0v) is 12.9. The molecule has 0 amide bonds. The number of aryl methyl sites for hydroxylation is 1. The minimum atomic E-state index is -1.14. The van der Waals surface area contributed by atoms with Gasteiger partial charge in [-0.2, -0.15) is 5.10 Å². The summed E-state index contributed by atoms with van der Waals surface area (Å²) in [5, 5.41) is 15.8. The SMILES string of the molecule is O=C([O-])c1c2c(nn1-c1ccccc1)CCCC2.[Na+]. The summed E-state index contributed by atoms with van der Waals surface area (Å²) in [6, 6.07) is 9.34. The van der Waals surface area contributed by atoms with Crippen LogP contribution in [0, 0.1) is 0 Å². The summed E-state index contributed by atoms with van der Waals surface area (Å²) in [5.41, 5.74) is 2.75. The minimum Gasteiger partial charge on any atom is -0.543 e. The average Bonchev–Trinajstić information content (AvgIpc) is 2.79. The van der Waals surface area contributed by atoms with Crippen LogP contribution in [0.15, 0.2) is 30.3 Å². The van der Waals surface area contributed by atoms with E-state index >= 15 is 0 Å². The van der Waals surface area contributed by atoms with Crippen LogP contribution in [-0.4, -0.2) is 15.7 Å². The van der Waals surface area contributed by atoms with Crippen molar-refractivity contribution >= 4 is 5.97 Å². The Bertz CT molecular complexity index is 593. The zero-order chi connectivity index (χ0) is 12.5. The Morgan fingerprint density at radius 1 is 1.16 bits per heavy atom. The number of rotatable bonds is 2. The largest absolute Gasteiger partial charge is 1.00 e. The molecule has 0 atom stereocenters. The van der Waals surface area contributed by atoms with Crippen molar-refractivity contribution in [1.82, 2.24) is 9.78 Å². The van der Waals surface area contributed by atoms with Gasteiger partial charge in [0.15, 0.2) is 0 Å². The maximum absolute atomic E-state index is 11.4. The number of benzene rings is 1. The molecule has 0 spiro atoms. The summed E-state index contributed by atoms with van der Waals surface area (Å²) in [7, 11) is 0. The first-order valence-electron chi connectivity index (χ1n) is 6.15. The van der Waals surface area contributed by atoms with Gasteiger partial charge in [0, 0.05) is 5.56 Å². The molecule has 0 saturated carbocycles.